The number of pyridine rings is 1. The number of rotatable bonds is 7. The zero-order chi connectivity index (χ0) is 24.1. The Labute approximate surface area is 187 Å². The van der Waals surface area contributed by atoms with Crippen LogP contribution in [0.4, 0.5) is 27.6 Å². The Kier molecular flexibility index (Phi) is 5.85. The molecule has 13 heteroatoms. The van der Waals surface area contributed by atoms with Gasteiger partial charge in [-0.3, -0.25) is 14.3 Å². The van der Waals surface area contributed by atoms with E-state index in [1.807, 2.05) is 0 Å². The van der Waals surface area contributed by atoms with Gasteiger partial charge in [0.15, 0.2) is 5.69 Å². The highest BCUT2D eigenvalue weighted by Crippen LogP contribution is 2.42. The zero-order valence-electron chi connectivity index (χ0n) is 17.2. The van der Waals surface area contributed by atoms with Crippen LogP contribution in [0.3, 0.4) is 0 Å². The van der Waals surface area contributed by atoms with Gasteiger partial charge in [0.25, 0.3) is 12.3 Å². The minimum Gasteiger partial charge on any atom is -0.365 e. The molecule has 3 N–H and O–H groups in total. The lowest BCUT2D eigenvalue weighted by atomic mass is 10.1. The number of carbonyl (C=O) groups excluding carboxylic acids is 2. The molecule has 3 aromatic rings. The Morgan fingerprint density at radius 1 is 1.30 bits per heavy atom. The minimum atomic E-state index is -4.59. The first-order valence-electron chi connectivity index (χ1n) is 9.92. The summed E-state index contributed by atoms with van der Waals surface area (Å²) in [4.78, 5) is 28.4. The molecule has 0 radical (unpaired) electrons. The Morgan fingerprint density at radius 3 is 2.58 bits per heavy atom. The summed E-state index contributed by atoms with van der Waals surface area (Å²) in [5, 5.41) is 6.47. The van der Waals surface area contributed by atoms with Crippen molar-refractivity contribution in [3.63, 3.8) is 0 Å². The maximum absolute atomic E-state index is 13.1. The number of aromatic nitrogens is 3. The Hall–Kier alpha value is -3.09. The van der Waals surface area contributed by atoms with Crippen LogP contribution in [-0.4, -0.2) is 26.6 Å². The molecule has 0 aliphatic heterocycles. The Morgan fingerprint density at radius 2 is 2.00 bits per heavy atom. The van der Waals surface area contributed by atoms with Gasteiger partial charge in [-0.1, -0.05) is 0 Å². The van der Waals surface area contributed by atoms with Crippen LogP contribution in [-0.2, 0) is 17.5 Å². The summed E-state index contributed by atoms with van der Waals surface area (Å²) in [5.74, 6) is -1.48. The molecule has 4 rings (SSSR count). The molecule has 33 heavy (non-hydrogen) atoms. The van der Waals surface area contributed by atoms with Crippen molar-refractivity contribution >= 4 is 39.1 Å². The van der Waals surface area contributed by atoms with Crippen molar-refractivity contribution in [1.82, 2.24) is 14.8 Å². The summed E-state index contributed by atoms with van der Waals surface area (Å²) in [6, 6.07) is 2.16. The third kappa shape index (κ3) is 4.68. The molecule has 0 atom stereocenters. The first kappa shape index (κ1) is 23.1. The van der Waals surface area contributed by atoms with E-state index in [0.29, 0.717) is 16.6 Å². The van der Waals surface area contributed by atoms with E-state index in [0.717, 1.165) is 36.3 Å². The van der Waals surface area contributed by atoms with Crippen LogP contribution in [0.5, 0.6) is 0 Å². The van der Waals surface area contributed by atoms with E-state index in [1.165, 1.54) is 11.6 Å². The fraction of sp³-hybridized carbons (Fsp3) is 0.400. The summed E-state index contributed by atoms with van der Waals surface area (Å²) in [5.41, 5.74) is 4.76. The number of carbonyl (C=O) groups is 2. The van der Waals surface area contributed by atoms with Crippen molar-refractivity contribution in [1.29, 1.82) is 0 Å². The Balaban J connectivity index is 1.58. The summed E-state index contributed by atoms with van der Waals surface area (Å²) < 4.78 is 66.5. The lowest BCUT2D eigenvalue weighted by Gasteiger charge is -2.10. The highest BCUT2D eigenvalue weighted by atomic mass is 32.1. The predicted octanol–water partition coefficient (Wildman–Crippen LogP) is 4.76. The largest absolute Gasteiger partial charge is 0.435 e. The lowest BCUT2D eigenvalue weighted by Crippen LogP contribution is -2.19. The molecule has 1 aliphatic carbocycles. The number of halogens is 5. The number of hydrogen-bond acceptors (Lipinski definition) is 5. The van der Waals surface area contributed by atoms with E-state index in [1.54, 1.807) is 0 Å². The van der Waals surface area contributed by atoms with E-state index >= 15 is 0 Å². The van der Waals surface area contributed by atoms with Gasteiger partial charge in [0.1, 0.15) is 15.4 Å². The maximum atomic E-state index is 13.1. The lowest BCUT2D eigenvalue weighted by molar-refractivity contribution is -0.141. The number of primary amides is 1. The topological polar surface area (TPSA) is 103 Å². The predicted molar refractivity (Wildman–Crippen MR) is 110 cm³/mol. The second-order valence-corrected chi connectivity index (χ2v) is 8.76. The van der Waals surface area contributed by atoms with Crippen molar-refractivity contribution in [3.05, 3.63) is 39.7 Å². The third-order valence-electron chi connectivity index (χ3n) is 5.24. The summed E-state index contributed by atoms with van der Waals surface area (Å²) in [6.45, 7) is 1.43. The van der Waals surface area contributed by atoms with Crippen LogP contribution in [0.25, 0.3) is 10.2 Å². The molecule has 3 aromatic heterocycles. The quantitative estimate of drug-likeness (QED) is 0.469. The number of anilines is 1. The van der Waals surface area contributed by atoms with E-state index in [-0.39, 0.29) is 34.3 Å². The van der Waals surface area contributed by atoms with Crippen LogP contribution < -0.4 is 11.1 Å². The number of thiophene rings is 1. The van der Waals surface area contributed by atoms with Crippen molar-refractivity contribution in [2.45, 2.75) is 51.3 Å². The SMILES string of the molecule is Cc1cc(C(F)F)nc2sc(C(N)=O)c(NC(=O)CCn3nc(C(F)(F)F)cc3C3CC3)c12. The molecule has 0 saturated heterocycles. The van der Waals surface area contributed by atoms with Gasteiger partial charge < -0.3 is 11.1 Å². The van der Waals surface area contributed by atoms with Gasteiger partial charge in [-0.05, 0) is 37.5 Å². The molecule has 3 heterocycles. The average Bonchev–Trinajstić information content (AvgIpc) is 3.34. The fourth-order valence-electron chi connectivity index (χ4n) is 3.58. The van der Waals surface area contributed by atoms with Crippen molar-refractivity contribution < 1.29 is 31.5 Å². The molecule has 1 saturated carbocycles. The van der Waals surface area contributed by atoms with Gasteiger partial charge in [-0.15, -0.1) is 11.3 Å². The van der Waals surface area contributed by atoms with Crippen LogP contribution in [0, 0.1) is 6.92 Å². The van der Waals surface area contributed by atoms with Crippen molar-refractivity contribution in [2.24, 2.45) is 5.73 Å². The molecular formula is C20H18F5N5O2S. The van der Waals surface area contributed by atoms with E-state index in [9.17, 15) is 31.5 Å². The van der Waals surface area contributed by atoms with E-state index in [2.05, 4.69) is 15.4 Å². The van der Waals surface area contributed by atoms with Gasteiger partial charge in [0.05, 0.1) is 5.69 Å². The average molecular weight is 487 g/mol. The van der Waals surface area contributed by atoms with Gasteiger partial charge in [-0.25, -0.2) is 13.8 Å². The Bertz CT molecular complexity index is 1250. The van der Waals surface area contributed by atoms with Crippen LogP contribution in [0.1, 0.15) is 63.9 Å². The van der Waals surface area contributed by atoms with Gasteiger partial charge in [0.2, 0.25) is 5.91 Å². The monoisotopic (exact) mass is 487 g/mol. The third-order valence-corrected chi connectivity index (χ3v) is 6.34. The zero-order valence-corrected chi connectivity index (χ0v) is 18.0. The molecule has 0 unspecified atom stereocenters. The number of fused-ring (bicyclic) bond motifs is 1. The molecule has 1 aliphatic rings. The van der Waals surface area contributed by atoms with Crippen LogP contribution >= 0.6 is 11.3 Å². The highest BCUT2D eigenvalue weighted by molar-refractivity contribution is 7.21. The fourth-order valence-corrected chi connectivity index (χ4v) is 4.64. The number of nitrogens with two attached hydrogens (primary N) is 1. The molecule has 176 valence electrons. The van der Waals surface area contributed by atoms with Gasteiger partial charge in [0, 0.05) is 30.0 Å². The van der Waals surface area contributed by atoms with Crippen molar-refractivity contribution in [2.75, 3.05) is 5.32 Å². The molecule has 0 aromatic carbocycles. The van der Waals surface area contributed by atoms with Crippen molar-refractivity contribution in [3.8, 4) is 0 Å². The molecule has 2 amide bonds. The van der Waals surface area contributed by atoms with Crippen LogP contribution in [0.15, 0.2) is 12.1 Å². The summed E-state index contributed by atoms with van der Waals surface area (Å²) >= 11 is 0.779. The molecule has 1 fully saturated rings. The number of hydrogen-bond donors (Lipinski definition) is 2. The normalized spacial score (nSPS) is 14.3. The highest BCUT2D eigenvalue weighted by Gasteiger charge is 2.37. The molecule has 0 spiro atoms. The smallest absolute Gasteiger partial charge is 0.365 e. The molecular weight excluding hydrogens is 469 g/mol. The number of alkyl halides is 5. The van der Waals surface area contributed by atoms with E-state index < -0.39 is 35.8 Å². The number of aryl methyl sites for hydroxylation is 2. The van der Waals surface area contributed by atoms with Gasteiger partial charge >= 0.3 is 6.18 Å². The first-order chi connectivity index (χ1) is 15.5. The molecule has 0 bridgehead atoms. The molecule has 7 nitrogen and oxygen atoms in total. The number of amides is 2. The number of nitrogens with one attached hydrogen (secondary N) is 1. The summed E-state index contributed by atoms with van der Waals surface area (Å²) in [6.07, 6.45) is -6.13. The summed E-state index contributed by atoms with van der Waals surface area (Å²) in [7, 11) is 0. The first-order valence-corrected chi connectivity index (χ1v) is 10.7. The standard InChI is InChI=1S/C20H18F5N5O2S/c1-8-6-10(17(21)22)27-19-14(8)15(16(33-19)18(26)32)28-13(31)4-5-30-11(9-2-3-9)7-12(29-30)20(23,24)25/h6-7,9,17H,2-5H2,1H3,(H2,26,32)(H,28,31). The van der Waals surface area contributed by atoms with Crippen LogP contribution in [0.2, 0.25) is 0 Å². The van der Waals surface area contributed by atoms with E-state index in [4.69, 9.17) is 5.73 Å². The maximum Gasteiger partial charge on any atom is 0.435 e. The van der Waals surface area contributed by atoms with Gasteiger partial charge in [-0.2, -0.15) is 18.3 Å². The number of nitrogens with zero attached hydrogens (tertiary/aromatic N) is 3. The minimum absolute atomic E-state index is 0.0169. The second-order valence-electron chi connectivity index (χ2n) is 7.76. The second kappa shape index (κ2) is 8.36.